The monoisotopic (exact) mass is 368 g/mol. The second-order valence-corrected chi connectivity index (χ2v) is 7.86. The van der Waals surface area contributed by atoms with E-state index in [-0.39, 0.29) is 6.61 Å². The van der Waals surface area contributed by atoms with E-state index in [9.17, 15) is 8.42 Å². The number of benzene rings is 2. The Morgan fingerprint density at radius 1 is 0.923 bits per heavy atom. The predicted octanol–water partition coefficient (Wildman–Crippen LogP) is 3.52. The fourth-order valence-electron chi connectivity index (χ4n) is 2.53. The molecule has 1 heterocycles. The molecule has 0 aliphatic heterocycles. The zero-order valence-corrected chi connectivity index (χ0v) is 15.5. The molecule has 0 saturated carbocycles. The normalized spacial score (nSPS) is 11.5. The van der Waals surface area contributed by atoms with Crippen molar-refractivity contribution >= 4 is 10.1 Å². The van der Waals surface area contributed by atoms with Gasteiger partial charge in [0.15, 0.2) is 0 Å². The van der Waals surface area contributed by atoms with Crippen LogP contribution in [0.3, 0.4) is 0 Å². The second kappa shape index (κ2) is 7.76. The molecule has 0 atom stereocenters. The Bertz CT molecular complexity index is 982. The fraction of sp³-hybridized carbons (Fsp3) is 0.200. The van der Waals surface area contributed by atoms with Crippen LogP contribution >= 0.6 is 0 Å². The van der Waals surface area contributed by atoms with Gasteiger partial charge >= 0.3 is 0 Å². The standard InChI is InChI=1S/C20H20N2O3S/c1-15-6-8-18(9-7-15)19-12-21-20(22-13-19)11-16-4-3-5-17(10-16)14-25-26(2,23)24/h3-10,12-13H,11,14H2,1-2H3. The van der Waals surface area contributed by atoms with E-state index in [4.69, 9.17) is 4.18 Å². The van der Waals surface area contributed by atoms with Gasteiger partial charge in [-0.2, -0.15) is 8.42 Å². The van der Waals surface area contributed by atoms with Gasteiger partial charge in [0.2, 0.25) is 0 Å². The molecule has 0 N–H and O–H groups in total. The zero-order chi connectivity index (χ0) is 18.6. The lowest BCUT2D eigenvalue weighted by Gasteiger charge is -2.06. The van der Waals surface area contributed by atoms with E-state index in [0.29, 0.717) is 12.2 Å². The number of nitrogens with zero attached hydrogens (tertiary/aromatic N) is 2. The fourth-order valence-corrected chi connectivity index (χ4v) is 2.88. The lowest BCUT2D eigenvalue weighted by molar-refractivity contribution is 0.311. The average molecular weight is 368 g/mol. The van der Waals surface area contributed by atoms with Crippen molar-refractivity contribution in [3.8, 4) is 11.1 Å². The van der Waals surface area contributed by atoms with Gasteiger partial charge in [0.05, 0.1) is 12.9 Å². The SMILES string of the molecule is Cc1ccc(-c2cnc(Cc3cccc(COS(C)(=O)=O)c3)nc2)cc1. The van der Waals surface area contributed by atoms with E-state index < -0.39 is 10.1 Å². The van der Waals surface area contributed by atoms with Crippen molar-refractivity contribution in [2.45, 2.75) is 20.0 Å². The Labute approximate surface area is 153 Å². The molecule has 0 saturated heterocycles. The summed E-state index contributed by atoms with van der Waals surface area (Å²) in [6.07, 6.45) is 5.26. The van der Waals surface area contributed by atoms with Crippen molar-refractivity contribution in [1.29, 1.82) is 0 Å². The average Bonchev–Trinajstić information content (AvgIpc) is 2.61. The lowest BCUT2D eigenvalue weighted by atomic mass is 10.1. The minimum absolute atomic E-state index is 0.0277. The minimum Gasteiger partial charge on any atom is -0.265 e. The maximum Gasteiger partial charge on any atom is 0.264 e. The summed E-state index contributed by atoms with van der Waals surface area (Å²) in [5, 5.41) is 0. The molecular formula is C20H20N2O3S. The molecule has 3 aromatic rings. The molecule has 3 rings (SSSR count). The van der Waals surface area contributed by atoms with Gasteiger partial charge in [0, 0.05) is 24.4 Å². The Morgan fingerprint density at radius 3 is 2.23 bits per heavy atom. The summed E-state index contributed by atoms with van der Waals surface area (Å²) in [5.74, 6) is 0.710. The van der Waals surface area contributed by atoms with Crippen molar-refractivity contribution in [2.24, 2.45) is 0 Å². The van der Waals surface area contributed by atoms with E-state index in [1.54, 1.807) is 0 Å². The first-order valence-corrected chi connectivity index (χ1v) is 10.0. The second-order valence-electron chi connectivity index (χ2n) is 6.22. The summed E-state index contributed by atoms with van der Waals surface area (Å²) in [6.45, 7) is 2.08. The minimum atomic E-state index is -3.45. The first-order valence-electron chi connectivity index (χ1n) is 8.19. The quantitative estimate of drug-likeness (QED) is 0.623. The van der Waals surface area contributed by atoms with Crippen LogP contribution in [0.5, 0.6) is 0 Å². The summed E-state index contributed by atoms with van der Waals surface area (Å²) in [4.78, 5) is 8.90. The maximum absolute atomic E-state index is 11.1. The predicted molar refractivity (Wildman–Crippen MR) is 101 cm³/mol. The van der Waals surface area contributed by atoms with Gasteiger partial charge in [-0.25, -0.2) is 9.97 Å². The van der Waals surface area contributed by atoms with Gasteiger partial charge < -0.3 is 0 Å². The van der Waals surface area contributed by atoms with Gasteiger partial charge in [-0.3, -0.25) is 4.18 Å². The molecule has 6 heteroatoms. The Kier molecular flexibility index (Phi) is 5.44. The van der Waals surface area contributed by atoms with Crippen LogP contribution in [0.25, 0.3) is 11.1 Å². The van der Waals surface area contributed by atoms with Gasteiger partial charge in [0.25, 0.3) is 10.1 Å². The van der Waals surface area contributed by atoms with Crippen molar-refractivity contribution in [1.82, 2.24) is 9.97 Å². The van der Waals surface area contributed by atoms with Crippen LogP contribution in [0, 0.1) is 6.92 Å². The third-order valence-electron chi connectivity index (χ3n) is 3.88. The molecule has 2 aromatic carbocycles. The first-order chi connectivity index (χ1) is 12.4. The molecule has 5 nitrogen and oxygen atoms in total. The molecule has 1 aromatic heterocycles. The van der Waals surface area contributed by atoms with Crippen molar-refractivity contribution < 1.29 is 12.6 Å². The van der Waals surface area contributed by atoms with Crippen LogP contribution in [0.4, 0.5) is 0 Å². The molecular weight excluding hydrogens is 348 g/mol. The third kappa shape index (κ3) is 5.21. The van der Waals surface area contributed by atoms with Crippen LogP contribution in [0.15, 0.2) is 60.9 Å². The summed E-state index contributed by atoms with van der Waals surface area (Å²) in [6, 6.07) is 15.8. The highest BCUT2D eigenvalue weighted by Crippen LogP contribution is 2.18. The highest BCUT2D eigenvalue weighted by molar-refractivity contribution is 7.85. The molecule has 0 aliphatic rings. The van der Waals surface area contributed by atoms with Crippen LogP contribution in [-0.2, 0) is 27.3 Å². The van der Waals surface area contributed by atoms with Crippen LogP contribution in [0.1, 0.15) is 22.5 Å². The van der Waals surface area contributed by atoms with Crippen LogP contribution in [0.2, 0.25) is 0 Å². The number of aryl methyl sites for hydroxylation is 1. The topological polar surface area (TPSA) is 69.2 Å². The van der Waals surface area contributed by atoms with E-state index >= 15 is 0 Å². The van der Waals surface area contributed by atoms with E-state index in [0.717, 1.165) is 28.5 Å². The molecule has 0 radical (unpaired) electrons. The summed E-state index contributed by atoms with van der Waals surface area (Å²) < 4.78 is 27.0. The maximum atomic E-state index is 11.1. The largest absolute Gasteiger partial charge is 0.265 e. The van der Waals surface area contributed by atoms with Crippen molar-refractivity contribution in [3.05, 3.63) is 83.4 Å². The molecule has 0 unspecified atom stereocenters. The van der Waals surface area contributed by atoms with Gasteiger partial charge in [-0.1, -0.05) is 54.1 Å². The summed E-state index contributed by atoms with van der Waals surface area (Å²) in [5.41, 5.74) is 5.07. The van der Waals surface area contributed by atoms with Crippen molar-refractivity contribution in [2.75, 3.05) is 6.26 Å². The van der Waals surface area contributed by atoms with Gasteiger partial charge in [-0.05, 0) is 23.6 Å². The molecule has 0 spiro atoms. The molecule has 0 fully saturated rings. The van der Waals surface area contributed by atoms with E-state index in [1.165, 1.54) is 5.56 Å². The summed E-state index contributed by atoms with van der Waals surface area (Å²) in [7, 11) is -3.45. The zero-order valence-electron chi connectivity index (χ0n) is 14.7. The van der Waals surface area contributed by atoms with Crippen LogP contribution < -0.4 is 0 Å². The van der Waals surface area contributed by atoms with Gasteiger partial charge in [0.1, 0.15) is 5.82 Å². The Morgan fingerprint density at radius 2 is 1.58 bits per heavy atom. The molecule has 0 amide bonds. The van der Waals surface area contributed by atoms with E-state index in [1.807, 2.05) is 36.7 Å². The van der Waals surface area contributed by atoms with Gasteiger partial charge in [-0.15, -0.1) is 0 Å². The Hall–Kier alpha value is -2.57. The highest BCUT2D eigenvalue weighted by Gasteiger charge is 2.06. The number of aromatic nitrogens is 2. The lowest BCUT2D eigenvalue weighted by Crippen LogP contribution is -2.03. The molecule has 134 valence electrons. The number of rotatable bonds is 6. The highest BCUT2D eigenvalue weighted by atomic mass is 32.2. The van der Waals surface area contributed by atoms with E-state index in [2.05, 4.69) is 41.2 Å². The summed E-state index contributed by atoms with van der Waals surface area (Å²) >= 11 is 0. The smallest absolute Gasteiger partial charge is 0.264 e. The van der Waals surface area contributed by atoms with Crippen LogP contribution in [-0.4, -0.2) is 24.6 Å². The molecule has 0 aliphatic carbocycles. The molecule has 0 bridgehead atoms. The number of hydrogen-bond acceptors (Lipinski definition) is 5. The molecule has 26 heavy (non-hydrogen) atoms. The Balaban J connectivity index is 1.70. The van der Waals surface area contributed by atoms with Crippen molar-refractivity contribution in [3.63, 3.8) is 0 Å². The third-order valence-corrected chi connectivity index (χ3v) is 4.43. The first kappa shape index (κ1) is 18.2. The number of hydrogen-bond donors (Lipinski definition) is 0.